The third-order valence-electron chi connectivity index (χ3n) is 2.20. The summed E-state index contributed by atoms with van der Waals surface area (Å²) >= 11 is 0. The van der Waals surface area contributed by atoms with Gasteiger partial charge in [-0.25, -0.2) is 0 Å². The van der Waals surface area contributed by atoms with Gasteiger partial charge < -0.3 is 10.5 Å². The summed E-state index contributed by atoms with van der Waals surface area (Å²) in [6.45, 7) is 2.20. The second-order valence-electron chi connectivity index (χ2n) is 3.37. The molecule has 0 aliphatic carbocycles. The van der Waals surface area contributed by atoms with E-state index in [1.807, 2.05) is 12.1 Å². The fourth-order valence-electron chi connectivity index (χ4n) is 1.36. The third-order valence-corrected chi connectivity index (χ3v) is 2.20. The van der Waals surface area contributed by atoms with Gasteiger partial charge in [-0.05, 0) is 31.0 Å². The van der Waals surface area contributed by atoms with E-state index in [2.05, 4.69) is 5.92 Å². The first-order valence-corrected chi connectivity index (χ1v) is 5.18. The van der Waals surface area contributed by atoms with E-state index in [9.17, 15) is 4.79 Å². The van der Waals surface area contributed by atoms with Crippen LogP contribution in [0.15, 0.2) is 18.2 Å². The van der Waals surface area contributed by atoms with E-state index in [0.717, 1.165) is 5.56 Å². The van der Waals surface area contributed by atoms with Gasteiger partial charge in [0.15, 0.2) is 0 Å². The third kappa shape index (κ3) is 3.32. The number of rotatable bonds is 4. The Morgan fingerprint density at radius 2 is 2.31 bits per heavy atom. The number of nitrogens with two attached hydrogens (primary N) is 1. The lowest BCUT2D eigenvalue weighted by Crippen LogP contribution is -2.05. The van der Waals surface area contributed by atoms with Crippen LogP contribution < -0.4 is 5.73 Å². The Morgan fingerprint density at radius 1 is 1.56 bits per heavy atom. The minimum atomic E-state index is -0.193. The average Bonchev–Trinajstić information content (AvgIpc) is 2.28. The number of ether oxygens (including phenoxy) is 1. The van der Waals surface area contributed by atoms with Crippen molar-refractivity contribution < 1.29 is 9.53 Å². The van der Waals surface area contributed by atoms with Gasteiger partial charge in [0.2, 0.25) is 0 Å². The van der Waals surface area contributed by atoms with Crippen LogP contribution in [0.5, 0.6) is 0 Å². The molecule has 1 rings (SSSR count). The van der Waals surface area contributed by atoms with Crippen LogP contribution in [0, 0.1) is 12.3 Å². The van der Waals surface area contributed by atoms with Crippen molar-refractivity contribution in [3.05, 3.63) is 29.3 Å². The first kappa shape index (κ1) is 12.1. The Bertz CT molecular complexity index is 418. The van der Waals surface area contributed by atoms with Gasteiger partial charge in [-0.3, -0.25) is 4.79 Å². The number of carbonyl (C=O) groups is 1. The summed E-state index contributed by atoms with van der Waals surface area (Å²) in [5.74, 6) is 2.31. The minimum Gasteiger partial charge on any atom is -0.466 e. The first-order valence-electron chi connectivity index (χ1n) is 5.18. The smallest absolute Gasteiger partial charge is 0.306 e. The Morgan fingerprint density at radius 3 is 2.94 bits per heavy atom. The molecule has 0 atom stereocenters. The molecule has 0 heterocycles. The molecule has 0 bridgehead atoms. The van der Waals surface area contributed by atoms with Crippen molar-refractivity contribution in [2.45, 2.75) is 19.8 Å². The number of nitrogen functional groups attached to an aromatic ring is 1. The van der Waals surface area contributed by atoms with E-state index < -0.39 is 0 Å². The van der Waals surface area contributed by atoms with Crippen molar-refractivity contribution in [1.29, 1.82) is 0 Å². The minimum absolute atomic E-state index is 0.193. The summed E-state index contributed by atoms with van der Waals surface area (Å²) in [7, 11) is 0. The van der Waals surface area contributed by atoms with Crippen molar-refractivity contribution >= 4 is 11.7 Å². The number of aryl methyl sites for hydroxylation is 1. The van der Waals surface area contributed by atoms with Crippen molar-refractivity contribution in [3.63, 3.8) is 0 Å². The van der Waals surface area contributed by atoms with Crippen LogP contribution >= 0.6 is 0 Å². The normalized spacial score (nSPS) is 9.50. The van der Waals surface area contributed by atoms with Gasteiger partial charge in [0.25, 0.3) is 0 Å². The number of anilines is 1. The molecule has 1 aromatic carbocycles. The van der Waals surface area contributed by atoms with Gasteiger partial charge in [0.1, 0.15) is 0 Å². The molecule has 0 aromatic heterocycles. The molecule has 3 heteroatoms. The molecular weight excluding hydrogens is 202 g/mol. The molecule has 0 fully saturated rings. The van der Waals surface area contributed by atoms with Gasteiger partial charge in [-0.2, -0.15) is 0 Å². The van der Waals surface area contributed by atoms with Gasteiger partial charge in [0, 0.05) is 17.7 Å². The van der Waals surface area contributed by atoms with Crippen LogP contribution in [-0.2, 0) is 16.0 Å². The molecule has 0 saturated heterocycles. The number of esters is 1. The summed E-state index contributed by atoms with van der Waals surface area (Å²) in [4.78, 5) is 11.2. The summed E-state index contributed by atoms with van der Waals surface area (Å²) in [6.07, 6.45) is 6.28. The zero-order valence-electron chi connectivity index (χ0n) is 9.32. The maximum Gasteiger partial charge on any atom is 0.306 e. The van der Waals surface area contributed by atoms with E-state index in [1.54, 1.807) is 13.0 Å². The Kier molecular flexibility index (Phi) is 4.41. The first-order chi connectivity index (χ1) is 7.67. The number of hydrogen-bond donors (Lipinski definition) is 1. The van der Waals surface area contributed by atoms with E-state index in [4.69, 9.17) is 16.9 Å². The highest BCUT2D eigenvalue weighted by Crippen LogP contribution is 2.14. The van der Waals surface area contributed by atoms with Crippen molar-refractivity contribution in [1.82, 2.24) is 0 Å². The predicted octanol–water partition coefficient (Wildman–Crippen LogP) is 1.75. The molecule has 0 aliphatic rings. The number of terminal acetylenes is 1. The summed E-state index contributed by atoms with van der Waals surface area (Å²) in [6, 6.07) is 5.46. The molecule has 84 valence electrons. The second kappa shape index (κ2) is 5.82. The molecule has 0 saturated carbocycles. The van der Waals surface area contributed by atoms with Crippen molar-refractivity contribution in [2.24, 2.45) is 0 Å². The zero-order valence-corrected chi connectivity index (χ0v) is 9.32. The number of benzene rings is 1. The monoisotopic (exact) mass is 217 g/mol. The number of hydrogen-bond acceptors (Lipinski definition) is 3. The lowest BCUT2D eigenvalue weighted by atomic mass is 10.1. The van der Waals surface area contributed by atoms with Crippen LogP contribution in [0.3, 0.4) is 0 Å². The highest BCUT2D eigenvalue weighted by molar-refractivity contribution is 5.69. The summed E-state index contributed by atoms with van der Waals surface area (Å²) in [5, 5.41) is 0. The fourth-order valence-corrected chi connectivity index (χ4v) is 1.36. The summed E-state index contributed by atoms with van der Waals surface area (Å²) < 4.78 is 4.84. The zero-order chi connectivity index (χ0) is 12.0. The largest absolute Gasteiger partial charge is 0.466 e. The van der Waals surface area contributed by atoms with Gasteiger partial charge in [0.05, 0.1) is 6.61 Å². The molecule has 0 radical (unpaired) electrons. The maximum atomic E-state index is 11.2. The molecule has 0 unspecified atom stereocenters. The predicted molar refractivity (Wildman–Crippen MR) is 63.7 cm³/mol. The van der Waals surface area contributed by atoms with Crippen LogP contribution in [0.25, 0.3) is 0 Å². The van der Waals surface area contributed by atoms with Crippen LogP contribution in [0.2, 0.25) is 0 Å². The van der Waals surface area contributed by atoms with E-state index in [-0.39, 0.29) is 5.97 Å². The highest BCUT2D eigenvalue weighted by Gasteiger charge is 2.04. The molecule has 0 aliphatic heterocycles. The lowest BCUT2D eigenvalue weighted by Gasteiger charge is -2.04. The maximum absolute atomic E-state index is 11.2. The molecule has 3 nitrogen and oxygen atoms in total. The lowest BCUT2D eigenvalue weighted by molar-refractivity contribution is -0.143. The quantitative estimate of drug-likeness (QED) is 0.475. The van der Waals surface area contributed by atoms with Crippen LogP contribution in [0.1, 0.15) is 24.5 Å². The van der Waals surface area contributed by atoms with Gasteiger partial charge in [-0.15, -0.1) is 6.42 Å². The summed E-state index contributed by atoms with van der Waals surface area (Å²) in [5.41, 5.74) is 7.92. The Balaban J connectivity index is 2.62. The van der Waals surface area contributed by atoms with Gasteiger partial charge in [-0.1, -0.05) is 12.0 Å². The van der Waals surface area contributed by atoms with E-state index in [0.29, 0.717) is 30.7 Å². The molecule has 16 heavy (non-hydrogen) atoms. The molecule has 0 amide bonds. The Hall–Kier alpha value is -1.95. The van der Waals surface area contributed by atoms with Crippen molar-refractivity contribution in [2.75, 3.05) is 12.3 Å². The van der Waals surface area contributed by atoms with Gasteiger partial charge >= 0.3 is 5.97 Å². The molecule has 1 aromatic rings. The Labute approximate surface area is 95.6 Å². The number of carbonyl (C=O) groups excluding carboxylic acids is 1. The van der Waals surface area contributed by atoms with E-state index >= 15 is 0 Å². The fraction of sp³-hybridized carbons (Fsp3) is 0.308. The van der Waals surface area contributed by atoms with E-state index in [1.165, 1.54) is 0 Å². The molecular formula is C13H15NO2. The van der Waals surface area contributed by atoms with Crippen LogP contribution in [-0.4, -0.2) is 12.6 Å². The SMILES string of the molecule is C#Cc1cc(CCC(=O)OCC)ccc1N. The van der Waals surface area contributed by atoms with Crippen molar-refractivity contribution in [3.8, 4) is 12.3 Å². The average molecular weight is 217 g/mol. The molecule has 2 N–H and O–H groups in total. The standard InChI is InChI=1S/C13H15NO2/c1-3-11-9-10(5-7-12(11)14)6-8-13(15)16-4-2/h1,5,7,9H,4,6,8,14H2,2H3. The second-order valence-corrected chi connectivity index (χ2v) is 3.37. The molecule has 0 spiro atoms. The highest BCUT2D eigenvalue weighted by atomic mass is 16.5. The van der Waals surface area contributed by atoms with Crippen LogP contribution in [0.4, 0.5) is 5.69 Å². The topological polar surface area (TPSA) is 52.3 Å².